The van der Waals surface area contributed by atoms with Crippen molar-refractivity contribution in [3.8, 4) is 17.0 Å². The van der Waals surface area contributed by atoms with Gasteiger partial charge in [-0.1, -0.05) is 0 Å². The Labute approximate surface area is 203 Å². The van der Waals surface area contributed by atoms with E-state index in [2.05, 4.69) is 25.6 Å². The molecular weight excluding hydrogens is 448 g/mol. The van der Waals surface area contributed by atoms with Gasteiger partial charge < -0.3 is 15.2 Å². The number of hydrogen-bond donors (Lipinski definition) is 3. The van der Waals surface area contributed by atoms with Crippen molar-refractivity contribution in [3.63, 3.8) is 0 Å². The van der Waals surface area contributed by atoms with Crippen molar-refractivity contribution in [1.29, 1.82) is 0 Å². The molecule has 3 aromatic rings. The molecule has 1 aliphatic heterocycles. The second-order valence-electron chi connectivity index (χ2n) is 8.86. The topological polar surface area (TPSA) is 130 Å². The van der Waals surface area contributed by atoms with Gasteiger partial charge in [0.1, 0.15) is 12.4 Å². The summed E-state index contributed by atoms with van der Waals surface area (Å²) in [6, 6.07) is 8.75. The Morgan fingerprint density at radius 3 is 2.69 bits per heavy atom. The molecule has 3 N–H and O–H groups in total. The smallest absolute Gasteiger partial charge is 0.407 e. The third-order valence-corrected chi connectivity index (χ3v) is 6.03. The van der Waals surface area contributed by atoms with Gasteiger partial charge in [-0.2, -0.15) is 0 Å². The first-order chi connectivity index (χ1) is 16.7. The highest BCUT2D eigenvalue weighted by Crippen LogP contribution is 2.31. The predicted octanol–water partition coefficient (Wildman–Crippen LogP) is 4.71. The van der Waals surface area contributed by atoms with Crippen LogP contribution in [0.25, 0.3) is 11.3 Å². The molecule has 0 unspecified atom stereocenters. The first-order valence-electron chi connectivity index (χ1n) is 11.3. The minimum atomic E-state index is -0.919. The molecule has 10 nitrogen and oxygen atoms in total. The summed E-state index contributed by atoms with van der Waals surface area (Å²) in [5.74, 6) is 0.988. The molecule has 0 bridgehead atoms. The molecular formula is C25H28N6O4. The van der Waals surface area contributed by atoms with Crippen LogP contribution >= 0.6 is 0 Å². The molecule has 35 heavy (non-hydrogen) atoms. The standard InChI is InChI=1S/C25H28N6O4/c1-16-11-18(6-8-21(16)35-15-25(3)9-4-10-31(25)24(33)34)20-13-26-14-22(29-20)30-23(32)28-19-7-5-17(2)27-12-19/h5-8,11-14H,4,9-10,15H2,1-3H3,(H,33,34)(H2,28,29,30,32)/t25-/m0/s1. The normalized spacial score (nSPS) is 17.2. The Morgan fingerprint density at radius 1 is 1.14 bits per heavy atom. The Bertz CT molecular complexity index is 1230. The molecule has 1 saturated heterocycles. The predicted molar refractivity (Wildman–Crippen MR) is 132 cm³/mol. The van der Waals surface area contributed by atoms with Crippen LogP contribution in [0.3, 0.4) is 0 Å². The number of benzene rings is 1. The number of aromatic nitrogens is 3. The van der Waals surface area contributed by atoms with Crippen molar-refractivity contribution in [2.24, 2.45) is 0 Å². The highest BCUT2D eigenvalue weighted by Gasteiger charge is 2.40. The molecule has 1 aliphatic rings. The molecule has 1 fully saturated rings. The lowest BCUT2D eigenvalue weighted by atomic mass is 10.0. The van der Waals surface area contributed by atoms with Gasteiger partial charge in [-0.25, -0.2) is 14.6 Å². The summed E-state index contributed by atoms with van der Waals surface area (Å²) in [5.41, 5.74) is 3.17. The van der Waals surface area contributed by atoms with Gasteiger partial charge in [-0.15, -0.1) is 0 Å². The van der Waals surface area contributed by atoms with E-state index in [-0.39, 0.29) is 6.61 Å². The Morgan fingerprint density at radius 2 is 1.97 bits per heavy atom. The summed E-state index contributed by atoms with van der Waals surface area (Å²) < 4.78 is 6.02. The van der Waals surface area contributed by atoms with Gasteiger partial charge in [0, 0.05) is 17.8 Å². The lowest BCUT2D eigenvalue weighted by Gasteiger charge is -2.33. The quantitative estimate of drug-likeness (QED) is 0.470. The second kappa shape index (κ2) is 9.96. The highest BCUT2D eigenvalue weighted by molar-refractivity contribution is 5.99. The van der Waals surface area contributed by atoms with Gasteiger partial charge in [-0.05, 0) is 69.5 Å². The van der Waals surface area contributed by atoms with E-state index in [0.29, 0.717) is 29.5 Å². The number of ether oxygens (including phenoxy) is 1. The number of rotatable bonds is 6. The van der Waals surface area contributed by atoms with Crippen LogP contribution in [0.2, 0.25) is 0 Å². The van der Waals surface area contributed by atoms with Crippen molar-refractivity contribution in [2.45, 2.75) is 39.2 Å². The molecule has 0 aliphatic carbocycles. The number of nitrogens with zero attached hydrogens (tertiary/aromatic N) is 4. The number of amides is 3. The van der Waals surface area contributed by atoms with Gasteiger partial charge in [-0.3, -0.25) is 20.2 Å². The minimum Gasteiger partial charge on any atom is -0.491 e. The molecule has 4 rings (SSSR count). The van der Waals surface area contributed by atoms with Crippen LogP contribution in [0.15, 0.2) is 48.9 Å². The third-order valence-electron chi connectivity index (χ3n) is 6.03. The van der Waals surface area contributed by atoms with Crippen LogP contribution in [-0.2, 0) is 0 Å². The molecule has 10 heteroatoms. The number of likely N-dealkylation sites (tertiary alicyclic amines) is 1. The molecule has 182 valence electrons. The minimum absolute atomic E-state index is 0.282. The Kier molecular flexibility index (Phi) is 6.81. The maximum absolute atomic E-state index is 12.3. The van der Waals surface area contributed by atoms with E-state index in [4.69, 9.17) is 4.74 Å². The van der Waals surface area contributed by atoms with E-state index >= 15 is 0 Å². The number of carbonyl (C=O) groups excluding carboxylic acids is 1. The molecule has 0 spiro atoms. The summed E-state index contributed by atoms with van der Waals surface area (Å²) in [4.78, 5) is 38.1. The number of anilines is 2. The van der Waals surface area contributed by atoms with E-state index in [1.54, 1.807) is 18.5 Å². The average Bonchev–Trinajstić information content (AvgIpc) is 3.22. The monoisotopic (exact) mass is 476 g/mol. The van der Waals surface area contributed by atoms with E-state index < -0.39 is 17.7 Å². The number of carboxylic acid groups (broad SMARTS) is 1. The fraction of sp³-hybridized carbons (Fsp3) is 0.320. The van der Waals surface area contributed by atoms with Crippen LogP contribution in [0.5, 0.6) is 5.75 Å². The Hall–Kier alpha value is -4.21. The third kappa shape index (κ3) is 5.65. The maximum atomic E-state index is 12.3. The van der Waals surface area contributed by atoms with Crippen LogP contribution in [0.1, 0.15) is 31.0 Å². The zero-order valence-electron chi connectivity index (χ0n) is 19.9. The SMILES string of the molecule is Cc1ccc(NC(=O)Nc2cncc(-c3ccc(OC[C@]4(C)CCCN4C(=O)O)c(C)c3)n2)cn1. The second-order valence-corrected chi connectivity index (χ2v) is 8.86. The van der Waals surface area contributed by atoms with Gasteiger partial charge >= 0.3 is 12.1 Å². The molecule has 0 saturated carbocycles. The average molecular weight is 477 g/mol. The first-order valence-corrected chi connectivity index (χ1v) is 11.3. The number of nitrogens with one attached hydrogen (secondary N) is 2. The van der Waals surface area contributed by atoms with Crippen molar-refractivity contribution in [1.82, 2.24) is 19.9 Å². The van der Waals surface area contributed by atoms with Gasteiger partial charge in [0.2, 0.25) is 0 Å². The van der Waals surface area contributed by atoms with Crippen LogP contribution < -0.4 is 15.4 Å². The summed E-state index contributed by atoms with van der Waals surface area (Å²) in [5, 5.41) is 14.8. The van der Waals surface area contributed by atoms with Crippen molar-refractivity contribution in [3.05, 3.63) is 60.2 Å². The molecule has 1 atom stereocenters. The fourth-order valence-electron chi connectivity index (χ4n) is 4.09. The summed E-state index contributed by atoms with van der Waals surface area (Å²) in [7, 11) is 0. The number of aryl methyl sites for hydroxylation is 2. The van der Waals surface area contributed by atoms with E-state index in [1.807, 2.05) is 45.0 Å². The Balaban J connectivity index is 1.42. The number of pyridine rings is 1. The van der Waals surface area contributed by atoms with Crippen molar-refractivity contribution >= 4 is 23.6 Å². The van der Waals surface area contributed by atoms with Gasteiger partial charge in [0.25, 0.3) is 0 Å². The zero-order valence-corrected chi connectivity index (χ0v) is 19.9. The lowest BCUT2D eigenvalue weighted by Crippen LogP contribution is -2.48. The van der Waals surface area contributed by atoms with Crippen LogP contribution in [0.4, 0.5) is 21.1 Å². The molecule has 3 amide bonds. The van der Waals surface area contributed by atoms with Crippen LogP contribution in [0, 0.1) is 13.8 Å². The molecule has 2 aromatic heterocycles. The van der Waals surface area contributed by atoms with Crippen molar-refractivity contribution < 1.29 is 19.4 Å². The molecule has 1 aromatic carbocycles. The van der Waals surface area contributed by atoms with E-state index in [9.17, 15) is 14.7 Å². The lowest BCUT2D eigenvalue weighted by molar-refractivity contribution is 0.0786. The molecule has 0 radical (unpaired) electrons. The number of carbonyl (C=O) groups is 2. The maximum Gasteiger partial charge on any atom is 0.407 e. The highest BCUT2D eigenvalue weighted by atomic mass is 16.5. The number of hydrogen-bond acceptors (Lipinski definition) is 6. The van der Waals surface area contributed by atoms with E-state index in [0.717, 1.165) is 29.7 Å². The fourth-order valence-corrected chi connectivity index (χ4v) is 4.09. The summed E-state index contributed by atoms with van der Waals surface area (Å²) >= 11 is 0. The van der Waals surface area contributed by atoms with Gasteiger partial charge in [0.05, 0.1) is 35.5 Å². The first kappa shape index (κ1) is 23.9. The van der Waals surface area contributed by atoms with E-state index in [1.165, 1.54) is 11.1 Å². The van der Waals surface area contributed by atoms with Crippen LogP contribution in [-0.4, -0.2) is 55.8 Å². The summed E-state index contributed by atoms with van der Waals surface area (Å²) in [6.07, 6.45) is 5.34. The van der Waals surface area contributed by atoms with Gasteiger partial charge in [0.15, 0.2) is 5.82 Å². The largest absolute Gasteiger partial charge is 0.491 e. The zero-order chi connectivity index (χ0) is 25.0. The summed E-state index contributed by atoms with van der Waals surface area (Å²) in [6.45, 7) is 6.51. The van der Waals surface area contributed by atoms with Crippen molar-refractivity contribution in [2.75, 3.05) is 23.8 Å². The molecule has 3 heterocycles. The number of urea groups is 1.